The molecule has 0 amide bonds. The van der Waals surface area contributed by atoms with Crippen LogP contribution >= 0.6 is 0 Å². The molecule has 1 aromatic carbocycles. The fourth-order valence-corrected chi connectivity index (χ4v) is 1.32. The SMILES string of the molecule is COc1cc(O)c(C(C)(C)O)cc1C#N. The number of ether oxygens (including phenoxy) is 1. The molecule has 0 heterocycles. The summed E-state index contributed by atoms with van der Waals surface area (Å²) in [6.07, 6.45) is 0. The maximum atomic E-state index is 9.74. The van der Waals surface area contributed by atoms with E-state index in [0.29, 0.717) is 11.3 Å². The monoisotopic (exact) mass is 207 g/mol. The van der Waals surface area contributed by atoms with E-state index >= 15 is 0 Å². The number of aliphatic hydroxyl groups is 1. The molecule has 15 heavy (non-hydrogen) atoms. The molecule has 1 rings (SSSR count). The Kier molecular flexibility index (Phi) is 2.87. The van der Waals surface area contributed by atoms with Crippen LogP contribution in [0.1, 0.15) is 25.0 Å². The van der Waals surface area contributed by atoms with Gasteiger partial charge >= 0.3 is 0 Å². The molecule has 0 saturated carbocycles. The van der Waals surface area contributed by atoms with Gasteiger partial charge < -0.3 is 14.9 Å². The number of nitriles is 1. The molecule has 0 bridgehead atoms. The van der Waals surface area contributed by atoms with Crippen LogP contribution < -0.4 is 4.74 Å². The molecule has 0 saturated heterocycles. The van der Waals surface area contributed by atoms with Crippen molar-refractivity contribution in [1.82, 2.24) is 0 Å². The van der Waals surface area contributed by atoms with Crippen LogP contribution in [0.5, 0.6) is 11.5 Å². The molecule has 0 radical (unpaired) electrons. The predicted molar refractivity (Wildman–Crippen MR) is 54.6 cm³/mol. The summed E-state index contributed by atoms with van der Waals surface area (Å²) < 4.78 is 4.92. The van der Waals surface area contributed by atoms with Gasteiger partial charge in [-0.3, -0.25) is 0 Å². The molecule has 0 atom stereocenters. The molecule has 0 fully saturated rings. The molecule has 2 N–H and O–H groups in total. The van der Waals surface area contributed by atoms with Gasteiger partial charge in [-0.25, -0.2) is 0 Å². The molecule has 4 nitrogen and oxygen atoms in total. The maximum absolute atomic E-state index is 9.74. The second-order valence-electron chi connectivity index (χ2n) is 3.74. The van der Waals surface area contributed by atoms with Crippen molar-refractivity contribution in [1.29, 1.82) is 5.26 Å². The molecule has 0 aliphatic rings. The number of phenols is 1. The smallest absolute Gasteiger partial charge is 0.140 e. The normalized spacial score (nSPS) is 10.9. The summed E-state index contributed by atoms with van der Waals surface area (Å²) in [6.45, 7) is 3.07. The van der Waals surface area contributed by atoms with Gasteiger partial charge in [-0.15, -0.1) is 0 Å². The minimum atomic E-state index is -1.19. The molecular formula is C11H13NO3. The predicted octanol–water partition coefficient (Wildman–Crippen LogP) is 1.50. The van der Waals surface area contributed by atoms with Gasteiger partial charge in [0.2, 0.25) is 0 Å². The first-order chi connectivity index (χ1) is 6.90. The van der Waals surface area contributed by atoms with Crippen LogP contribution in [0.25, 0.3) is 0 Å². The van der Waals surface area contributed by atoms with E-state index in [1.165, 1.54) is 33.1 Å². The summed E-state index contributed by atoms with van der Waals surface area (Å²) in [5.41, 5.74) is -0.602. The highest BCUT2D eigenvalue weighted by molar-refractivity contribution is 5.52. The van der Waals surface area contributed by atoms with Crippen LogP contribution in [-0.4, -0.2) is 17.3 Å². The van der Waals surface area contributed by atoms with E-state index in [1.807, 2.05) is 6.07 Å². The second kappa shape index (κ2) is 3.79. The Bertz CT molecular complexity index is 413. The van der Waals surface area contributed by atoms with Gasteiger partial charge in [0.25, 0.3) is 0 Å². The standard InChI is InChI=1S/C11H13NO3/c1-11(2,14)8-4-7(6-12)10(15-3)5-9(8)13/h4-5,13-14H,1-3H3. The van der Waals surface area contributed by atoms with E-state index in [2.05, 4.69) is 0 Å². The minimum Gasteiger partial charge on any atom is -0.507 e. The third kappa shape index (κ3) is 2.20. The average Bonchev–Trinajstić information content (AvgIpc) is 2.15. The van der Waals surface area contributed by atoms with E-state index in [9.17, 15) is 10.2 Å². The molecule has 80 valence electrons. The van der Waals surface area contributed by atoms with Gasteiger partial charge in [0.1, 0.15) is 17.6 Å². The van der Waals surface area contributed by atoms with E-state index in [-0.39, 0.29) is 11.3 Å². The quantitative estimate of drug-likeness (QED) is 0.770. The lowest BCUT2D eigenvalue weighted by Crippen LogP contribution is -2.16. The van der Waals surface area contributed by atoms with Crippen molar-refractivity contribution in [2.45, 2.75) is 19.4 Å². The van der Waals surface area contributed by atoms with Crippen molar-refractivity contribution >= 4 is 0 Å². The van der Waals surface area contributed by atoms with Gasteiger partial charge in [0, 0.05) is 11.6 Å². The van der Waals surface area contributed by atoms with Crippen molar-refractivity contribution < 1.29 is 14.9 Å². The first-order valence-electron chi connectivity index (χ1n) is 4.44. The van der Waals surface area contributed by atoms with Crippen molar-refractivity contribution in [3.63, 3.8) is 0 Å². The fourth-order valence-electron chi connectivity index (χ4n) is 1.32. The highest BCUT2D eigenvalue weighted by atomic mass is 16.5. The topological polar surface area (TPSA) is 73.5 Å². The van der Waals surface area contributed by atoms with Gasteiger partial charge in [0.15, 0.2) is 0 Å². The first-order valence-corrected chi connectivity index (χ1v) is 4.44. The van der Waals surface area contributed by atoms with Gasteiger partial charge in [-0.05, 0) is 19.9 Å². The Labute approximate surface area is 88.4 Å². The number of methoxy groups -OCH3 is 1. The highest BCUT2D eigenvalue weighted by Crippen LogP contribution is 2.34. The van der Waals surface area contributed by atoms with Crippen molar-refractivity contribution in [2.75, 3.05) is 7.11 Å². The molecule has 1 aromatic rings. The maximum Gasteiger partial charge on any atom is 0.140 e. The van der Waals surface area contributed by atoms with E-state index in [1.54, 1.807) is 0 Å². The molecule has 0 aliphatic heterocycles. The molecule has 0 aliphatic carbocycles. The van der Waals surface area contributed by atoms with E-state index < -0.39 is 5.60 Å². The van der Waals surface area contributed by atoms with E-state index in [0.717, 1.165) is 0 Å². The van der Waals surface area contributed by atoms with Crippen LogP contribution in [0.3, 0.4) is 0 Å². The Morgan fingerprint density at radius 3 is 2.40 bits per heavy atom. The first kappa shape index (κ1) is 11.3. The molecule has 4 heteroatoms. The number of aromatic hydroxyl groups is 1. The minimum absolute atomic E-state index is 0.0849. The van der Waals surface area contributed by atoms with Crippen LogP contribution in [0, 0.1) is 11.3 Å². The lowest BCUT2D eigenvalue weighted by atomic mass is 9.95. The zero-order valence-electron chi connectivity index (χ0n) is 8.90. The summed E-state index contributed by atoms with van der Waals surface area (Å²) in [5, 5.41) is 28.2. The van der Waals surface area contributed by atoms with Crippen LogP contribution in [0.4, 0.5) is 0 Å². The summed E-state index contributed by atoms with van der Waals surface area (Å²) in [7, 11) is 1.42. The molecular weight excluding hydrogens is 194 g/mol. The zero-order valence-corrected chi connectivity index (χ0v) is 8.90. The second-order valence-corrected chi connectivity index (χ2v) is 3.74. The number of hydrogen-bond donors (Lipinski definition) is 2. The summed E-state index contributed by atoms with van der Waals surface area (Å²) in [5.74, 6) is 0.210. The Morgan fingerprint density at radius 2 is 2.00 bits per heavy atom. The van der Waals surface area contributed by atoms with Crippen molar-refractivity contribution in [2.24, 2.45) is 0 Å². The highest BCUT2D eigenvalue weighted by Gasteiger charge is 2.22. The van der Waals surface area contributed by atoms with E-state index in [4.69, 9.17) is 10.00 Å². The lowest BCUT2D eigenvalue weighted by molar-refractivity contribution is 0.0757. The Morgan fingerprint density at radius 1 is 1.40 bits per heavy atom. The summed E-state index contributed by atoms with van der Waals surface area (Å²) in [6, 6.07) is 4.69. The number of benzene rings is 1. The summed E-state index contributed by atoms with van der Waals surface area (Å²) >= 11 is 0. The largest absolute Gasteiger partial charge is 0.507 e. The van der Waals surface area contributed by atoms with Crippen molar-refractivity contribution in [3.8, 4) is 17.6 Å². The fraction of sp³-hybridized carbons (Fsp3) is 0.364. The lowest BCUT2D eigenvalue weighted by Gasteiger charge is -2.20. The number of nitrogens with zero attached hydrogens (tertiary/aromatic N) is 1. The van der Waals surface area contributed by atoms with Gasteiger partial charge in [0.05, 0.1) is 18.3 Å². The molecule has 0 unspecified atom stereocenters. The Hall–Kier alpha value is -1.73. The number of hydrogen-bond acceptors (Lipinski definition) is 4. The zero-order chi connectivity index (χ0) is 11.6. The third-order valence-electron chi connectivity index (χ3n) is 2.10. The number of phenolic OH excluding ortho intramolecular Hbond substituents is 1. The summed E-state index contributed by atoms with van der Waals surface area (Å²) in [4.78, 5) is 0. The average molecular weight is 207 g/mol. The Balaban J connectivity index is 3.41. The number of rotatable bonds is 2. The van der Waals surface area contributed by atoms with Crippen LogP contribution in [0.2, 0.25) is 0 Å². The molecule has 0 spiro atoms. The molecule has 0 aromatic heterocycles. The van der Waals surface area contributed by atoms with Gasteiger partial charge in [-0.2, -0.15) is 5.26 Å². The van der Waals surface area contributed by atoms with Crippen LogP contribution in [-0.2, 0) is 5.60 Å². The van der Waals surface area contributed by atoms with Crippen molar-refractivity contribution in [3.05, 3.63) is 23.3 Å². The van der Waals surface area contributed by atoms with Crippen LogP contribution in [0.15, 0.2) is 12.1 Å². The van der Waals surface area contributed by atoms with Gasteiger partial charge in [-0.1, -0.05) is 0 Å². The third-order valence-corrected chi connectivity index (χ3v) is 2.10.